The quantitative estimate of drug-likeness (QED) is 0.263. The molecule has 0 aliphatic heterocycles. The van der Waals surface area contributed by atoms with Gasteiger partial charge in [0.15, 0.2) is 5.96 Å². The van der Waals surface area contributed by atoms with Gasteiger partial charge in [0.1, 0.15) is 12.7 Å². The molecule has 0 aliphatic rings. The normalized spacial score (nSPS) is 12.2. The van der Waals surface area contributed by atoms with Gasteiger partial charge in [-0.15, -0.1) is 24.0 Å². The van der Waals surface area contributed by atoms with E-state index in [0.29, 0.717) is 12.6 Å². The second kappa shape index (κ2) is 12.3. The summed E-state index contributed by atoms with van der Waals surface area (Å²) < 4.78 is 1.82. The molecule has 0 amide bonds. The Kier molecular flexibility index (Phi) is 9.79. The maximum atomic E-state index is 4.80. The summed E-state index contributed by atoms with van der Waals surface area (Å²) >= 11 is 0. The van der Waals surface area contributed by atoms with E-state index in [1.165, 1.54) is 22.3 Å². The molecule has 0 bridgehead atoms. The van der Waals surface area contributed by atoms with Gasteiger partial charge in [-0.25, -0.2) is 14.7 Å². The number of benzene rings is 2. The van der Waals surface area contributed by atoms with E-state index in [9.17, 15) is 0 Å². The summed E-state index contributed by atoms with van der Waals surface area (Å²) in [7, 11) is 0. The molecule has 1 atom stereocenters. The van der Waals surface area contributed by atoms with Gasteiger partial charge in [0.25, 0.3) is 0 Å². The van der Waals surface area contributed by atoms with E-state index in [1.807, 2.05) is 4.68 Å². The summed E-state index contributed by atoms with van der Waals surface area (Å²) in [4.78, 5) is 8.80. The van der Waals surface area contributed by atoms with Crippen molar-refractivity contribution in [3.63, 3.8) is 0 Å². The van der Waals surface area contributed by atoms with Gasteiger partial charge >= 0.3 is 0 Å². The van der Waals surface area contributed by atoms with Crippen LogP contribution < -0.4 is 10.6 Å². The molecule has 30 heavy (non-hydrogen) atoms. The van der Waals surface area contributed by atoms with Crippen molar-refractivity contribution in [2.45, 2.75) is 46.3 Å². The van der Waals surface area contributed by atoms with Crippen molar-refractivity contribution in [1.82, 2.24) is 25.4 Å². The zero-order chi connectivity index (χ0) is 20.5. The van der Waals surface area contributed by atoms with Crippen LogP contribution in [0.4, 0.5) is 0 Å². The zero-order valence-electron chi connectivity index (χ0n) is 17.9. The van der Waals surface area contributed by atoms with E-state index >= 15 is 0 Å². The third-order valence-electron chi connectivity index (χ3n) is 4.84. The molecule has 6 nitrogen and oxygen atoms in total. The summed E-state index contributed by atoms with van der Waals surface area (Å²) in [5.74, 6) is 0.861. The molecule has 0 saturated carbocycles. The third-order valence-corrected chi connectivity index (χ3v) is 4.84. The molecule has 0 saturated heterocycles. The molecule has 7 heteroatoms. The van der Waals surface area contributed by atoms with Gasteiger partial charge in [-0.05, 0) is 42.5 Å². The lowest BCUT2D eigenvalue weighted by atomic mass is 9.98. The fourth-order valence-corrected chi connectivity index (χ4v) is 3.05. The van der Waals surface area contributed by atoms with Gasteiger partial charge < -0.3 is 10.6 Å². The van der Waals surface area contributed by atoms with Crippen LogP contribution in [0.25, 0.3) is 11.1 Å². The second-order valence-electron chi connectivity index (χ2n) is 7.10. The lowest BCUT2D eigenvalue weighted by Crippen LogP contribution is -2.41. The molecule has 1 unspecified atom stereocenters. The molecule has 0 radical (unpaired) electrons. The number of aliphatic imine (C=N–C) groups is 1. The Hall–Kier alpha value is -2.42. The molecule has 2 N–H and O–H groups in total. The third kappa shape index (κ3) is 6.83. The van der Waals surface area contributed by atoms with Crippen LogP contribution in [0.5, 0.6) is 0 Å². The standard InChI is InChI=1S/C23H30N6.HI/c1-4-18(3)28-23(25-5-2)26-14-21-8-6-7-9-22(21)20-12-10-19(11-13-20)15-29-17-24-16-27-29;/h6-13,16-18H,4-5,14-15H2,1-3H3,(H2,25,26,28);1H. The number of guanidine groups is 1. The molecule has 1 aromatic heterocycles. The smallest absolute Gasteiger partial charge is 0.191 e. The van der Waals surface area contributed by atoms with Gasteiger partial charge in [0.2, 0.25) is 0 Å². The van der Waals surface area contributed by atoms with E-state index in [2.05, 4.69) is 90.0 Å². The van der Waals surface area contributed by atoms with Crippen LogP contribution in [0.3, 0.4) is 0 Å². The van der Waals surface area contributed by atoms with Crippen molar-refractivity contribution < 1.29 is 0 Å². The Morgan fingerprint density at radius 2 is 1.87 bits per heavy atom. The Morgan fingerprint density at radius 3 is 2.53 bits per heavy atom. The molecular weight excluding hydrogens is 487 g/mol. The SMILES string of the molecule is CCNC(=NCc1ccccc1-c1ccc(Cn2cncn2)cc1)NC(C)CC.I. The number of hydrogen-bond donors (Lipinski definition) is 2. The number of halogens is 1. The van der Waals surface area contributed by atoms with Crippen LogP contribution in [-0.4, -0.2) is 33.3 Å². The van der Waals surface area contributed by atoms with E-state index < -0.39 is 0 Å². The zero-order valence-corrected chi connectivity index (χ0v) is 20.2. The van der Waals surface area contributed by atoms with Crippen molar-refractivity contribution in [2.24, 2.45) is 4.99 Å². The van der Waals surface area contributed by atoms with E-state index in [1.54, 1.807) is 12.7 Å². The fourth-order valence-electron chi connectivity index (χ4n) is 3.05. The topological polar surface area (TPSA) is 67.1 Å². The highest BCUT2D eigenvalue weighted by Crippen LogP contribution is 2.25. The molecule has 2 aromatic carbocycles. The minimum absolute atomic E-state index is 0. The maximum Gasteiger partial charge on any atom is 0.191 e. The minimum Gasteiger partial charge on any atom is -0.357 e. The molecule has 3 rings (SSSR count). The lowest BCUT2D eigenvalue weighted by molar-refractivity contribution is 0.624. The molecular formula is C23H31IN6. The lowest BCUT2D eigenvalue weighted by Gasteiger charge is -2.16. The van der Waals surface area contributed by atoms with Crippen LogP contribution in [0, 0.1) is 0 Å². The molecule has 0 fully saturated rings. The summed E-state index contributed by atoms with van der Waals surface area (Å²) in [5, 5.41) is 10.9. The molecule has 3 aromatic rings. The van der Waals surface area contributed by atoms with Gasteiger partial charge in [-0.1, -0.05) is 55.5 Å². The average molecular weight is 518 g/mol. The molecule has 0 aliphatic carbocycles. The molecule has 0 spiro atoms. The number of hydrogen-bond acceptors (Lipinski definition) is 3. The van der Waals surface area contributed by atoms with Crippen LogP contribution >= 0.6 is 24.0 Å². The van der Waals surface area contributed by atoms with Gasteiger partial charge in [0.05, 0.1) is 13.1 Å². The Balaban J connectivity index is 0.00000320. The predicted octanol–water partition coefficient (Wildman–Crippen LogP) is 4.47. The van der Waals surface area contributed by atoms with Crippen molar-refractivity contribution in [1.29, 1.82) is 0 Å². The fraction of sp³-hybridized carbons (Fsp3) is 0.348. The van der Waals surface area contributed by atoms with Crippen molar-refractivity contribution in [2.75, 3.05) is 6.54 Å². The van der Waals surface area contributed by atoms with Crippen molar-refractivity contribution in [3.8, 4) is 11.1 Å². The average Bonchev–Trinajstić information content (AvgIpc) is 3.26. The first-order chi connectivity index (χ1) is 14.2. The largest absolute Gasteiger partial charge is 0.357 e. The molecule has 160 valence electrons. The highest BCUT2D eigenvalue weighted by molar-refractivity contribution is 14.0. The van der Waals surface area contributed by atoms with Gasteiger partial charge in [-0.2, -0.15) is 5.10 Å². The number of aromatic nitrogens is 3. The Labute approximate surface area is 196 Å². The first-order valence-electron chi connectivity index (χ1n) is 10.2. The first-order valence-corrected chi connectivity index (χ1v) is 10.2. The monoisotopic (exact) mass is 518 g/mol. The Bertz CT molecular complexity index is 906. The predicted molar refractivity (Wildman–Crippen MR) is 134 cm³/mol. The number of rotatable bonds is 8. The number of nitrogens with zero attached hydrogens (tertiary/aromatic N) is 4. The van der Waals surface area contributed by atoms with Crippen molar-refractivity contribution >= 4 is 29.9 Å². The van der Waals surface area contributed by atoms with E-state index in [0.717, 1.165) is 25.5 Å². The summed E-state index contributed by atoms with van der Waals surface area (Å²) in [6.07, 6.45) is 4.35. The Morgan fingerprint density at radius 1 is 1.10 bits per heavy atom. The summed E-state index contributed by atoms with van der Waals surface area (Å²) in [6, 6.07) is 17.5. The van der Waals surface area contributed by atoms with Crippen LogP contribution in [0.1, 0.15) is 38.3 Å². The van der Waals surface area contributed by atoms with Crippen LogP contribution in [0.2, 0.25) is 0 Å². The first kappa shape index (κ1) is 23.9. The number of nitrogens with one attached hydrogen (secondary N) is 2. The second-order valence-corrected chi connectivity index (χ2v) is 7.10. The van der Waals surface area contributed by atoms with Crippen molar-refractivity contribution in [3.05, 3.63) is 72.3 Å². The van der Waals surface area contributed by atoms with E-state index in [4.69, 9.17) is 4.99 Å². The van der Waals surface area contributed by atoms with E-state index in [-0.39, 0.29) is 24.0 Å². The maximum absolute atomic E-state index is 4.80. The highest BCUT2D eigenvalue weighted by Gasteiger charge is 2.07. The van der Waals surface area contributed by atoms with Gasteiger partial charge in [0, 0.05) is 12.6 Å². The minimum atomic E-state index is 0. The summed E-state index contributed by atoms with van der Waals surface area (Å²) in [6.45, 7) is 8.62. The summed E-state index contributed by atoms with van der Waals surface area (Å²) in [5.41, 5.74) is 4.81. The van der Waals surface area contributed by atoms with Crippen LogP contribution in [-0.2, 0) is 13.1 Å². The molecule has 1 heterocycles. The highest BCUT2D eigenvalue weighted by atomic mass is 127. The van der Waals surface area contributed by atoms with Gasteiger partial charge in [-0.3, -0.25) is 0 Å². The van der Waals surface area contributed by atoms with Crippen LogP contribution in [0.15, 0.2) is 66.2 Å².